The molecule has 8 nitrogen and oxygen atoms in total. The molecule has 0 aliphatic heterocycles. The molecule has 1 aliphatic rings. The smallest absolute Gasteiger partial charge is 0.407 e. The summed E-state index contributed by atoms with van der Waals surface area (Å²) in [6.07, 6.45) is 0.622. The Hall–Kier alpha value is -2.25. The molecular weight excluding hydrogens is 340 g/mol. The van der Waals surface area contributed by atoms with Gasteiger partial charge in [0.15, 0.2) is 0 Å². The second-order valence-electron chi connectivity index (χ2n) is 8.11. The van der Waals surface area contributed by atoms with Gasteiger partial charge >= 0.3 is 18.2 Å². The lowest BCUT2D eigenvalue weighted by molar-refractivity contribution is -0.139. The van der Waals surface area contributed by atoms with Crippen LogP contribution in [0.4, 0.5) is 9.59 Å². The van der Waals surface area contributed by atoms with Crippen LogP contribution in [-0.2, 0) is 14.3 Å². The molecule has 0 aromatic rings. The molecule has 0 radical (unpaired) electrons. The number of carbonyl (C=O) groups excluding carboxylic acids is 2. The van der Waals surface area contributed by atoms with Crippen molar-refractivity contribution >= 4 is 18.2 Å². The van der Waals surface area contributed by atoms with Gasteiger partial charge in [-0.15, -0.1) is 0 Å². The summed E-state index contributed by atoms with van der Waals surface area (Å²) >= 11 is 0. The number of nitrogens with one attached hydrogen (secondary N) is 2. The molecule has 0 bridgehead atoms. The first-order chi connectivity index (χ1) is 11.9. The molecule has 0 aromatic carbocycles. The van der Waals surface area contributed by atoms with Gasteiger partial charge in [0.05, 0.1) is 0 Å². The van der Waals surface area contributed by atoms with Crippen LogP contribution in [0.25, 0.3) is 0 Å². The number of carbonyl (C=O) groups is 3. The Balaban J connectivity index is 2.43. The highest BCUT2D eigenvalue weighted by Crippen LogP contribution is 2.45. The largest absolute Gasteiger partial charge is 0.465 e. The van der Waals surface area contributed by atoms with Crippen molar-refractivity contribution in [1.29, 1.82) is 0 Å². The molecule has 8 heteroatoms. The maximum absolute atomic E-state index is 11.8. The van der Waals surface area contributed by atoms with Crippen molar-refractivity contribution < 1.29 is 29.0 Å². The lowest BCUT2D eigenvalue weighted by Gasteiger charge is -2.46. The summed E-state index contributed by atoms with van der Waals surface area (Å²) in [5.74, 6) is -0.525. The Kier molecular flexibility index (Phi) is 7.47. The van der Waals surface area contributed by atoms with Crippen molar-refractivity contribution in [1.82, 2.24) is 10.6 Å². The monoisotopic (exact) mass is 370 g/mol. The van der Waals surface area contributed by atoms with Crippen LogP contribution in [-0.4, -0.2) is 49.1 Å². The van der Waals surface area contributed by atoms with E-state index < -0.39 is 18.2 Å². The zero-order valence-electron chi connectivity index (χ0n) is 16.0. The van der Waals surface area contributed by atoms with E-state index in [9.17, 15) is 14.4 Å². The summed E-state index contributed by atoms with van der Waals surface area (Å²) in [5, 5.41) is 14.3. The minimum absolute atomic E-state index is 0.0337. The summed E-state index contributed by atoms with van der Waals surface area (Å²) in [7, 11) is 0. The van der Waals surface area contributed by atoms with Gasteiger partial charge in [0.1, 0.15) is 13.2 Å². The number of esters is 1. The van der Waals surface area contributed by atoms with Gasteiger partial charge in [0.25, 0.3) is 0 Å². The van der Waals surface area contributed by atoms with Crippen molar-refractivity contribution in [2.45, 2.75) is 53.0 Å². The van der Waals surface area contributed by atoms with Crippen LogP contribution in [0.5, 0.6) is 0 Å². The van der Waals surface area contributed by atoms with E-state index in [0.29, 0.717) is 13.0 Å². The van der Waals surface area contributed by atoms with Crippen LogP contribution in [0.15, 0.2) is 12.2 Å². The minimum atomic E-state index is -1.04. The fourth-order valence-electron chi connectivity index (χ4n) is 3.77. The average molecular weight is 370 g/mol. The van der Waals surface area contributed by atoms with Gasteiger partial charge in [-0.25, -0.2) is 14.4 Å². The van der Waals surface area contributed by atoms with Crippen molar-refractivity contribution in [2.75, 3.05) is 19.8 Å². The van der Waals surface area contributed by atoms with Crippen LogP contribution in [0.1, 0.15) is 47.0 Å². The van der Waals surface area contributed by atoms with E-state index in [1.165, 1.54) is 6.92 Å². The topological polar surface area (TPSA) is 114 Å². The van der Waals surface area contributed by atoms with Crippen molar-refractivity contribution in [2.24, 2.45) is 10.8 Å². The van der Waals surface area contributed by atoms with Crippen molar-refractivity contribution in [3.8, 4) is 0 Å². The maximum Gasteiger partial charge on any atom is 0.407 e. The predicted octanol–water partition coefficient (Wildman–Crippen LogP) is 2.68. The van der Waals surface area contributed by atoms with E-state index in [1.807, 2.05) is 6.92 Å². The molecule has 3 N–H and O–H groups in total. The van der Waals surface area contributed by atoms with E-state index in [0.717, 1.165) is 12.8 Å². The zero-order valence-corrected chi connectivity index (χ0v) is 16.0. The zero-order chi connectivity index (χ0) is 20.0. The molecule has 2 unspecified atom stereocenters. The third-order valence-electron chi connectivity index (χ3n) is 4.33. The van der Waals surface area contributed by atoms with E-state index in [2.05, 4.69) is 31.1 Å². The minimum Gasteiger partial charge on any atom is -0.465 e. The Morgan fingerprint density at radius 1 is 1.15 bits per heavy atom. The third-order valence-corrected chi connectivity index (χ3v) is 4.33. The molecule has 1 aliphatic carbocycles. The first-order valence-corrected chi connectivity index (χ1v) is 8.65. The van der Waals surface area contributed by atoms with Gasteiger partial charge < -0.3 is 25.2 Å². The van der Waals surface area contributed by atoms with Crippen LogP contribution < -0.4 is 10.6 Å². The first-order valence-electron chi connectivity index (χ1n) is 8.65. The number of amides is 2. The summed E-state index contributed by atoms with van der Waals surface area (Å²) in [4.78, 5) is 34.0. The number of carboxylic acid groups (broad SMARTS) is 1. The number of ether oxygens (including phenoxy) is 2. The molecule has 1 fully saturated rings. The summed E-state index contributed by atoms with van der Waals surface area (Å²) in [5.41, 5.74) is -0.00485. The Morgan fingerprint density at radius 2 is 1.77 bits per heavy atom. The van der Waals surface area contributed by atoms with Crippen LogP contribution in [0.3, 0.4) is 0 Å². The quantitative estimate of drug-likeness (QED) is 0.361. The van der Waals surface area contributed by atoms with Gasteiger partial charge in [0, 0.05) is 18.2 Å². The average Bonchev–Trinajstić information content (AvgIpc) is 2.46. The van der Waals surface area contributed by atoms with Crippen molar-refractivity contribution in [3.05, 3.63) is 12.2 Å². The molecule has 0 spiro atoms. The Bertz CT molecular complexity index is 560. The second-order valence-corrected chi connectivity index (χ2v) is 8.11. The van der Waals surface area contributed by atoms with Crippen LogP contribution in [0.2, 0.25) is 0 Å². The predicted molar refractivity (Wildman–Crippen MR) is 95.8 cm³/mol. The van der Waals surface area contributed by atoms with Crippen LogP contribution in [0, 0.1) is 10.8 Å². The first kappa shape index (κ1) is 21.8. The normalized spacial score (nSPS) is 24.2. The standard InChI is InChI=1S/C18H30N2O6/c1-12(2)14(21)25-6-7-26-16(24)19-11-18(5)9-13(20-15(22)23)8-17(3,4)10-18/h13,20H,1,6-11H2,2-5H3,(H,19,24)(H,22,23). The van der Waals surface area contributed by atoms with Crippen LogP contribution >= 0.6 is 0 Å². The SMILES string of the molecule is C=C(C)C(=O)OCCOC(=O)NCC1(C)CC(NC(=O)O)CC(C)(C)C1. The highest BCUT2D eigenvalue weighted by Gasteiger charge is 2.41. The lowest BCUT2D eigenvalue weighted by atomic mass is 9.62. The molecule has 148 valence electrons. The van der Waals surface area contributed by atoms with Gasteiger partial charge in [0.2, 0.25) is 0 Å². The number of rotatable bonds is 7. The third kappa shape index (κ3) is 7.76. The number of alkyl carbamates (subject to hydrolysis) is 1. The molecule has 2 atom stereocenters. The van der Waals surface area contributed by atoms with Gasteiger partial charge in [-0.05, 0) is 37.0 Å². The molecule has 1 rings (SSSR count). The molecular formula is C18H30N2O6. The summed E-state index contributed by atoms with van der Waals surface area (Å²) < 4.78 is 9.82. The van der Waals surface area contributed by atoms with E-state index in [4.69, 9.17) is 14.6 Å². The molecule has 0 aromatic heterocycles. The second kappa shape index (κ2) is 8.91. The molecule has 1 saturated carbocycles. The summed E-state index contributed by atoms with van der Waals surface area (Å²) in [6, 6.07) is -0.152. The van der Waals surface area contributed by atoms with E-state index >= 15 is 0 Å². The molecule has 2 amide bonds. The number of hydrogen-bond donors (Lipinski definition) is 3. The van der Waals surface area contributed by atoms with Gasteiger partial charge in [-0.1, -0.05) is 27.4 Å². The Labute approximate surface area is 154 Å². The highest BCUT2D eigenvalue weighted by molar-refractivity contribution is 5.86. The summed E-state index contributed by atoms with van der Waals surface area (Å²) in [6.45, 7) is 11.5. The maximum atomic E-state index is 11.8. The van der Waals surface area contributed by atoms with E-state index in [1.54, 1.807) is 0 Å². The Morgan fingerprint density at radius 3 is 2.35 bits per heavy atom. The van der Waals surface area contributed by atoms with Gasteiger partial charge in [-0.2, -0.15) is 0 Å². The fraction of sp³-hybridized carbons (Fsp3) is 0.722. The van der Waals surface area contributed by atoms with Crippen molar-refractivity contribution in [3.63, 3.8) is 0 Å². The van der Waals surface area contributed by atoms with E-state index in [-0.39, 0.29) is 35.7 Å². The van der Waals surface area contributed by atoms with Gasteiger partial charge in [-0.3, -0.25) is 0 Å². The lowest BCUT2D eigenvalue weighted by Crippen LogP contribution is -2.50. The molecule has 26 heavy (non-hydrogen) atoms. The molecule has 0 heterocycles. The highest BCUT2D eigenvalue weighted by atomic mass is 16.6. The molecule has 0 saturated heterocycles. The fourth-order valence-corrected chi connectivity index (χ4v) is 3.77. The number of hydrogen-bond acceptors (Lipinski definition) is 5.